The van der Waals surface area contributed by atoms with Crippen molar-refractivity contribution in [2.75, 3.05) is 18.8 Å². The standard InChI is InChI=1S/3C20H24.C12H10.C9H10O2.C8H16Cl2.C8H8O2.2CH3Br.Al.3ClH.Na.H2O/c3*1-19(2)12-13-20(3,4)18-14-16(10-11-17(18)19)15-8-6-5-7-9-15;1-3-7-11(8-4-1)12-9-5-2-6-10-12;1-7-3-5-8(10)9(11-2)6-4-7;1-7(2,9)5-6-8(3,4)10;1-6-2-4-7(9)8(10)5-3-6;2*1-2;;;;;;/h3*5-11,14H,12-13H2,1-4H3;1-10H;3-6H,1-2H3;5-6H2,1-4H3;2-5H,1H3,(H,9,10);2*1H3;;3*1H;;1H2/q;;;;;;;;;+3;;;;+1;/p-4. The summed E-state index contributed by atoms with van der Waals surface area (Å²) in [6, 6.07) is 87.0. The maximum Gasteiger partial charge on any atom is 1.00 e. The molecule has 0 spiro atoms. The third-order valence-electron chi connectivity index (χ3n) is 20.8. The molecule has 3 aliphatic carbocycles. The predicted molar refractivity (Wildman–Crippen MR) is 501 cm³/mol. The Hall–Kier alpha value is -4.96. The summed E-state index contributed by atoms with van der Waals surface area (Å²) >= 11 is 16.1. The molecule has 602 valence electrons. The molecule has 14 heteroatoms. The van der Waals surface area contributed by atoms with Crippen LogP contribution in [-0.2, 0) is 32.5 Å². The van der Waals surface area contributed by atoms with Crippen LogP contribution < -0.4 is 45.2 Å². The molecule has 10 aromatic carbocycles. The fourth-order valence-electron chi connectivity index (χ4n) is 13.5. The van der Waals surface area contributed by atoms with E-state index in [1.807, 2.05) is 71.4 Å². The van der Waals surface area contributed by atoms with Crippen molar-refractivity contribution in [1.82, 2.24) is 0 Å². The summed E-state index contributed by atoms with van der Waals surface area (Å²) in [6.07, 6.45) is 9.56. The van der Waals surface area contributed by atoms with Crippen molar-refractivity contribution >= 4 is 96.6 Å². The van der Waals surface area contributed by atoms with Crippen molar-refractivity contribution in [3.05, 3.63) is 320 Å². The largest absolute Gasteiger partial charge is 1.00 e. The first kappa shape index (κ1) is 104. The van der Waals surface area contributed by atoms with Gasteiger partial charge in [0.2, 0.25) is 10.9 Å². The monoisotopic (exact) mass is 1770 g/mol. The molecule has 13 rings (SSSR count). The Labute approximate surface area is 746 Å². The van der Waals surface area contributed by atoms with E-state index in [0.29, 0.717) is 22.0 Å². The number of methoxy groups -OCH3 is 1. The van der Waals surface area contributed by atoms with Crippen molar-refractivity contribution < 1.29 is 44.9 Å². The van der Waals surface area contributed by atoms with Gasteiger partial charge in [0.15, 0.2) is 11.5 Å². The number of alkyl halides is 4. The van der Waals surface area contributed by atoms with Gasteiger partial charge in [-0.15, -0.1) is 23.2 Å². The van der Waals surface area contributed by atoms with Gasteiger partial charge in [-0.3, -0.25) is 9.59 Å². The zero-order valence-electron chi connectivity index (χ0n) is 71.2. The molecule has 10 aromatic rings. The Morgan fingerprint density at radius 3 is 0.796 bits per heavy atom. The minimum Gasteiger partial charge on any atom is -0.870 e. The van der Waals surface area contributed by atoms with Crippen LogP contribution in [0.1, 0.15) is 207 Å². The third kappa shape index (κ3) is 34.9. The molecule has 113 heavy (non-hydrogen) atoms. The molecule has 0 saturated carbocycles. The van der Waals surface area contributed by atoms with Crippen molar-refractivity contribution in [3.8, 4) is 56.0 Å². The minimum atomic E-state index is -1.72. The first-order valence-corrected chi connectivity index (χ1v) is 47.4. The SMILES string of the molecule is CBr.CBr.CC(C)(Cl)CCC(C)(C)Cl.CC1(C)CCC(C)(C)c2cc(-c3ccccc3)ccc21.CC1(C)CCC(C)(C)c2cc(-c3ccccc3)ccc21.CC1(C)CCC(C)(C)c2cc(-c3ccccc3)ccc21.COc1ccc(C)ccc1=O.Cc1ccc(O)c(=O)cc1.[Cl][Al]([Cl])[Cl].[Na+].[OH-].c1ccc(-c2ccccc2)cc1. The van der Waals surface area contributed by atoms with E-state index in [4.69, 9.17) is 63.2 Å². The van der Waals surface area contributed by atoms with Gasteiger partial charge in [0.05, 0.1) is 7.11 Å². The normalized spacial score (nSPS) is 14.6. The molecule has 0 aliphatic heterocycles. The zero-order valence-corrected chi connectivity index (χ0v) is 81.4. The Morgan fingerprint density at radius 1 is 0.345 bits per heavy atom. The first-order valence-electron chi connectivity index (χ1n) is 38.3. The maximum atomic E-state index is 11.1. The zero-order chi connectivity index (χ0) is 83.2. The number of rotatable bonds is 8. The van der Waals surface area contributed by atoms with Gasteiger partial charge < -0.3 is 15.3 Å². The number of benzene rings is 8. The van der Waals surface area contributed by atoms with Crippen LogP contribution in [0.2, 0.25) is 0 Å². The second-order valence-electron chi connectivity index (χ2n) is 33.6. The van der Waals surface area contributed by atoms with E-state index in [0.717, 1.165) is 24.0 Å². The summed E-state index contributed by atoms with van der Waals surface area (Å²) < 4.78 is 4.85. The average Bonchev–Trinajstić information content (AvgIpc) is 1.47. The summed E-state index contributed by atoms with van der Waals surface area (Å²) in [7, 11) is 16.3. The molecule has 0 fully saturated rings. The molecule has 0 aromatic heterocycles. The van der Waals surface area contributed by atoms with Crippen LogP contribution in [0.15, 0.2) is 264 Å². The van der Waals surface area contributed by atoms with Gasteiger partial charge >= 0.3 is 40.9 Å². The summed E-state index contributed by atoms with van der Waals surface area (Å²) in [5.41, 5.74) is 23.1. The van der Waals surface area contributed by atoms with E-state index < -0.39 is 11.4 Å². The van der Waals surface area contributed by atoms with Crippen LogP contribution in [0, 0.1) is 13.8 Å². The fraction of sp³-hybridized carbons (Fsp3) is 0.374. The van der Waals surface area contributed by atoms with Crippen LogP contribution in [0.4, 0.5) is 0 Å². The van der Waals surface area contributed by atoms with E-state index in [9.17, 15) is 9.59 Å². The summed E-state index contributed by atoms with van der Waals surface area (Å²) in [4.78, 5) is 21.6. The molecule has 0 bridgehead atoms. The molecule has 0 heterocycles. The maximum absolute atomic E-state index is 11.1. The molecule has 0 saturated heterocycles. The van der Waals surface area contributed by atoms with Gasteiger partial charge in [-0.2, -0.15) is 0 Å². The van der Waals surface area contributed by atoms with Crippen LogP contribution in [0.25, 0.3) is 44.5 Å². The number of hydrogen-bond acceptors (Lipinski definition) is 5. The second kappa shape index (κ2) is 48.8. The van der Waals surface area contributed by atoms with E-state index >= 15 is 0 Å². The molecule has 0 atom stereocenters. The fourth-order valence-corrected chi connectivity index (χ4v) is 13.7. The molecule has 0 unspecified atom stereocenters. The third-order valence-corrected chi connectivity index (χ3v) is 21.2. The predicted octanol–water partition coefficient (Wildman–Crippen LogP) is 27.2. The topological polar surface area (TPSA) is 93.6 Å². The number of aromatic hydroxyl groups is 1. The van der Waals surface area contributed by atoms with E-state index in [1.54, 1.807) is 24.3 Å². The van der Waals surface area contributed by atoms with Gasteiger partial charge in [-0.05, 0) is 239 Å². The van der Waals surface area contributed by atoms with Gasteiger partial charge in [0, 0.05) is 9.75 Å². The quantitative estimate of drug-likeness (QED) is 0.121. The summed E-state index contributed by atoms with van der Waals surface area (Å²) in [5, 5.41) is 8.89. The van der Waals surface area contributed by atoms with E-state index in [-0.39, 0.29) is 77.6 Å². The van der Waals surface area contributed by atoms with Crippen molar-refractivity contribution in [1.29, 1.82) is 0 Å². The number of fused-ring (bicyclic) bond motifs is 3. The molecule has 2 N–H and O–H groups in total. The molecule has 5 nitrogen and oxygen atoms in total. The summed E-state index contributed by atoms with van der Waals surface area (Å²) in [6.45, 7) is 40.4. The summed E-state index contributed by atoms with van der Waals surface area (Å²) in [5.74, 6) is 3.81. The van der Waals surface area contributed by atoms with Crippen LogP contribution in [0.3, 0.4) is 0 Å². The number of hydrogen-bond donors (Lipinski definition) is 1. The Balaban J connectivity index is 0.000000447. The Morgan fingerprint density at radius 2 is 0.558 bits per heavy atom. The molecule has 0 radical (unpaired) electrons. The smallest absolute Gasteiger partial charge is 0.870 e. The van der Waals surface area contributed by atoms with E-state index in [1.165, 1.54) is 142 Å². The average molecular weight is 1780 g/mol. The van der Waals surface area contributed by atoms with Gasteiger partial charge in [0.25, 0.3) is 0 Å². The van der Waals surface area contributed by atoms with Crippen LogP contribution >= 0.6 is 85.2 Å². The Kier molecular flexibility index (Phi) is 45.0. The molecule has 3 aliphatic rings. The molecular weight excluding hydrogens is 1660 g/mol. The van der Waals surface area contributed by atoms with Crippen molar-refractivity contribution in [2.45, 2.75) is 218 Å². The number of halogens is 7. The number of aryl methyl sites for hydroxylation is 2. The Bertz CT molecular complexity index is 4220. The number of ether oxygens (including phenoxy) is 1. The van der Waals surface area contributed by atoms with Gasteiger partial charge in [-0.1, -0.05) is 357 Å². The van der Waals surface area contributed by atoms with Gasteiger partial charge in [-0.25, -0.2) is 30.1 Å². The van der Waals surface area contributed by atoms with E-state index in [2.05, 4.69) is 309 Å². The minimum absolute atomic E-state index is 0. The van der Waals surface area contributed by atoms with Crippen LogP contribution in [-0.4, -0.2) is 50.5 Å². The van der Waals surface area contributed by atoms with Gasteiger partial charge in [0.1, 0.15) is 0 Å². The van der Waals surface area contributed by atoms with Crippen molar-refractivity contribution in [2.24, 2.45) is 0 Å². The van der Waals surface area contributed by atoms with Crippen molar-refractivity contribution in [3.63, 3.8) is 0 Å². The molecule has 0 amide bonds. The second-order valence-corrected chi connectivity index (χ2v) is 42.1. The first-order chi connectivity index (χ1) is 52.0. The van der Waals surface area contributed by atoms with Crippen LogP contribution in [0.5, 0.6) is 11.5 Å². The molecular formula is C99H123AlBr2Cl5NaO5.